The van der Waals surface area contributed by atoms with Gasteiger partial charge in [0, 0.05) is 17.0 Å². The number of nitrogens with one attached hydrogen (secondary N) is 1. The first kappa shape index (κ1) is 18.0. The summed E-state index contributed by atoms with van der Waals surface area (Å²) in [4.78, 5) is 17.3. The average molecular weight is 390 g/mol. The Bertz CT molecular complexity index is 1150. The number of aromatic nitrogens is 1. The molecule has 1 amide bonds. The number of hydrogen-bond acceptors (Lipinski definition) is 5. The maximum Gasteiger partial charge on any atom is 0.261 e. The Labute approximate surface area is 166 Å². The molecule has 6 heteroatoms. The average Bonchev–Trinajstić information content (AvgIpc) is 3.20. The van der Waals surface area contributed by atoms with E-state index in [-0.39, 0.29) is 5.91 Å². The summed E-state index contributed by atoms with van der Waals surface area (Å²) in [5, 5.41) is 7.62. The van der Waals surface area contributed by atoms with E-state index < -0.39 is 0 Å². The molecule has 1 aromatic heterocycles. The normalized spacial score (nSPS) is 10.6. The second kappa shape index (κ2) is 7.70. The summed E-state index contributed by atoms with van der Waals surface area (Å²) in [6, 6.07) is 19.4. The highest BCUT2D eigenvalue weighted by molar-refractivity contribution is 7.14. The van der Waals surface area contributed by atoms with Gasteiger partial charge >= 0.3 is 0 Å². The van der Waals surface area contributed by atoms with Gasteiger partial charge in [0.05, 0.1) is 25.5 Å². The lowest BCUT2D eigenvalue weighted by atomic mass is 10.0. The van der Waals surface area contributed by atoms with Crippen molar-refractivity contribution in [2.75, 3.05) is 19.5 Å². The van der Waals surface area contributed by atoms with Crippen LogP contribution in [0.2, 0.25) is 0 Å². The Kier molecular flexibility index (Phi) is 4.95. The standard InChI is InChI=1S/C22H18N2O3S/c1-26-15-10-11-18(20(12-15)27-2)21(25)24-22-23-19(13-28-22)17-9-5-7-14-6-3-4-8-16(14)17/h3-13H,1-2H3,(H,23,24,25). The number of rotatable bonds is 5. The number of benzene rings is 3. The van der Waals surface area contributed by atoms with Crippen LogP contribution in [0.1, 0.15) is 10.4 Å². The Balaban J connectivity index is 1.61. The van der Waals surface area contributed by atoms with E-state index in [1.807, 2.05) is 29.6 Å². The summed E-state index contributed by atoms with van der Waals surface area (Å²) in [5.41, 5.74) is 2.29. The number of methoxy groups -OCH3 is 2. The van der Waals surface area contributed by atoms with Crippen molar-refractivity contribution < 1.29 is 14.3 Å². The van der Waals surface area contributed by atoms with E-state index in [0.717, 1.165) is 22.0 Å². The molecule has 1 heterocycles. The van der Waals surface area contributed by atoms with Crippen LogP contribution in [0.25, 0.3) is 22.0 Å². The third-order valence-electron chi connectivity index (χ3n) is 4.44. The number of fused-ring (bicyclic) bond motifs is 1. The van der Waals surface area contributed by atoms with Crippen LogP contribution in [0.5, 0.6) is 11.5 Å². The number of ether oxygens (including phenoxy) is 2. The van der Waals surface area contributed by atoms with Crippen LogP contribution in [0.3, 0.4) is 0 Å². The van der Waals surface area contributed by atoms with Crippen LogP contribution < -0.4 is 14.8 Å². The van der Waals surface area contributed by atoms with Crippen molar-refractivity contribution in [1.82, 2.24) is 4.98 Å². The van der Waals surface area contributed by atoms with Gasteiger partial charge in [-0.3, -0.25) is 10.1 Å². The Morgan fingerprint density at radius 2 is 1.82 bits per heavy atom. The van der Waals surface area contributed by atoms with Gasteiger partial charge in [0.25, 0.3) is 5.91 Å². The van der Waals surface area contributed by atoms with E-state index in [2.05, 4.69) is 28.5 Å². The first-order chi connectivity index (χ1) is 13.7. The summed E-state index contributed by atoms with van der Waals surface area (Å²) in [6.45, 7) is 0. The minimum absolute atomic E-state index is 0.279. The molecule has 0 aliphatic carbocycles. The van der Waals surface area contributed by atoms with E-state index in [9.17, 15) is 4.79 Å². The van der Waals surface area contributed by atoms with Gasteiger partial charge in [-0.1, -0.05) is 42.5 Å². The quantitative estimate of drug-likeness (QED) is 0.507. The second-order valence-electron chi connectivity index (χ2n) is 6.08. The molecule has 0 fully saturated rings. The first-order valence-electron chi connectivity index (χ1n) is 8.66. The number of thiazole rings is 1. The lowest BCUT2D eigenvalue weighted by Gasteiger charge is -2.09. The molecule has 0 unspecified atom stereocenters. The second-order valence-corrected chi connectivity index (χ2v) is 6.94. The molecule has 0 atom stereocenters. The van der Waals surface area contributed by atoms with Gasteiger partial charge in [-0.2, -0.15) is 0 Å². The van der Waals surface area contributed by atoms with Gasteiger partial charge < -0.3 is 9.47 Å². The zero-order valence-corrected chi connectivity index (χ0v) is 16.2. The van der Waals surface area contributed by atoms with Crippen LogP contribution in [0, 0.1) is 0 Å². The van der Waals surface area contributed by atoms with E-state index in [1.54, 1.807) is 25.3 Å². The van der Waals surface area contributed by atoms with Crippen LogP contribution in [0.15, 0.2) is 66.0 Å². The van der Waals surface area contributed by atoms with Crippen molar-refractivity contribution in [2.24, 2.45) is 0 Å². The summed E-state index contributed by atoms with van der Waals surface area (Å²) >= 11 is 1.39. The highest BCUT2D eigenvalue weighted by Crippen LogP contribution is 2.32. The molecule has 0 spiro atoms. The minimum atomic E-state index is -0.279. The minimum Gasteiger partial charge on any atom is -0.497 e. The van der Waals surface area contributed by atoms with Gasteiger partial charge in [0.2, 0.25) is 0 Å². The molecule has 0 saturated carbocycles. The van der Waals surface area contributed by atoms with Crippen molar-refractivity contribution in [1.29, 1.82) is 0 Å². The first-order valence-corrected chi connectivity index (χ1v) is 9.54. The van der Waals surface area contributed by atoms with Crippen LogP contribution >= 0.6 is 11.3 Å². The van der Waals surface area contributed by atoms with Crippen molar-refractivity contribution in [3.05, 3.63) is 71.6 Å². The van der Waals surface area contributed by atoms with Crippen molar-refractivity contribution >= 4 is 33.1 Å². The largest absolute Gasteiger partial charge is 0.497 e. The molecule has 140 valence electrons. The number of carbonyl (C=O) groups excluding carboxylic acids is 1. The number of anilines is 1. The maximum atomic E-state index is 12.7. The molecular weight excluding hydrogens is 372 g/mol. The summed E-state index contributed by atoms with van der Waals surface area (Å²) in [5.74, 6) is 0.793. The van der Waals surface area contributed by atoms with Gasteiger partial charge in [-0.05, 0) is 22.9 Å². The molecule has 0 bridgehead atoms. The Hall–Kier alpha value is -3.38. The molecule has 0 aliphatic heterocycles. The van der Waals surface area contributed by atoms with E-state index >= 15 is 0 Å². The van der Waals surface area contributed by atoms with E-state index in [4.69, 9.17) is 9.47 Å². The van der Waals surface area contributed by atoms with Gasteiger partial charge in [0.15, 0.2) is 5.13 Å². The highest BCUT2D eigenvalue weighted by Gasteiger charge is 2.16. The lowest BCUT2D eigenvalue weighted by molar-refractivity contribution is 0.102. The predicted molar refractivity (Wildman–Crippen MR) is 113 cm³/mol. The maximum absolute atomic E-state index is 12.7. The Morgan fingerprint density at radius 3 is 2.64 bits per heavy atom. The predicted octanol–water partition coefficient (Wildman–Crippen LogP) is 5.23. The van der Waals surface area contributed by atoms with Crippen molar-refractivity contribution in [3.63, 3.8) is 0 Å². The molecule has 1 N–H and O–H groups in total. The Morgan fingerprint density at radius 1 is 1.00 bits per heavy atom. The number of carbonyl (C=O) groups is 1. The summed E-state index contributed by atoms with van der Waals surface area (Å²) in [6.07, 6.45) is 0. The summed E-state index contributed by atoms with van der Waals surface area (Å²) < 4.78 is 10.5. The van der Waals surface area contributed by atoms with E-state index in [1.165, 1.54) is 18.4 Å². The molecule has 0 aliphatic rings. The molecule has 28 heavy (non-hydrogen) atoms. The van der Waals surface area contributed by atoms with E-state index in [0.29, 0.717) is 22.2 Å². The summed E-state index contributed by atoms with van der Waals surface area (Å²) in [7, 11) is 3.09. The zero-order valence-electron chi connectivity index (χ0n) is 15.4. The van der Waals surface area contributed by atoms with Gasteiger partial charge in [-0.15, -0.1) is 11.3 Å². The van der Waals surface area contributed by atoms with Gasteiger partial charge in [0.1, 0.15) is 11.5 Å². The molecule has 5 nitrogen and oxygen atoms in total. The highest BCUT2D eigenvalue weighted by atomic mass is 32.1. The molecule has 4 rings (SSSR count). The van der Waals surface area contributed by atoms with Gasteiger partial charge in [-0.25, -0.2) is 4.98 Å². The molecule has 4 aromatic rings. The van der Waals surface area contributed by atoms with Crippen molar-refractivity contribution in [2.45, 2.75) is 0 Å². The monoisotopic (exact) mass is 390 g/mol. The van der Waals surface area contributed by atoms with Crippen molar-refractivity contribution in [3.8, 4) is 22.8 Å². The molecule has 3 aromatic carbocycles. The molecular formula is C22H18N2O3S. The third-order valence-corrected chi connectivity index (χ3v) is 5.20. The van der Waals surface area contributed by atoms with Crippen LogP contribution in [-0.4, -0.2) is 25.1 Å². The number of hydrogen-bond donors (Lipinski definition) is 1. The number of nitrogens with zero attached hydrogens (tertiary/aromatic N) is 1. The topological polar surface area (TPSA) is 60.5 Å². The fourth-order valence-corrected chi connectivity index (χ4v) is 3.76. The smallest absolute Gasteiger partial charge is 0.261 e. The number of amides is 1. The SMILES string of the molecule is COc1ccc(C(=O)Nc2nc(-c3cccc4ccccc34)cs2)c(OC)c1. The van der Waals surface area contributed by atoms with Crippen LogP contribution in [0.4, 0.5) is 5.13 Å². The fourth-order valence-electron chi connectivity index (χ4n) is 3.05. The molecule has 0 radical (unpaired) electrons. The fraction of sp³-hybridized carbons (Fsp3) is 0.0909. The van der Waals surface area contributed by atoms with Crippen LogP contribution in [-0.2, 0) is 0 Å². The molecule has 0 saturated heterocycles. The lowest BCUT2D eigenvalue weighted by Crippen LogP contribution is -2.13. The zero-order chi connectivity index (χ0) is 19.5. The third kappa shape index (κ3) is 3.42.